The zero-order valence-corrected chi connectivity index (χ0v) is 16.9. The number of hydrogen-bond donors (Lipinski definition) is 1. The van der Waals surface area contributed by atoms with E-state index < -0.39 is 0 Å². The van der Waals surface area contributed by atoms with Crippen LogP contribution in [0.1, 0.15) is 35.8 Å². The van der Waals surface area contributed by atoms with Crippen molar-refractivity contribution in [3.05, 3.63) is 65.9 Å². The summed E-state index contributed by atoms with van der Waals surface area (Å²) in [5.74, 6) is 0.772. The molecular formula is C21H21N7S. The van der Waals surface area contributed by atoms with Crippen molar-refractivity contribution in [3.63, 3.8) is 0 Å². The lowest BCUT2D eigenvalue weighted by Gasteiger charge is -2.24. The van der Waals surface area contributed by atoms with Crippen LogP contribution in [0.15, 0.2) is 54.1 Å². The monoisotopic (exact) mass is 403 g/mol. The maximum atomic E-state index is 8.87. The highest BCUT2D eigenvalue weighted by Crippen LogP contribution is 2.32. The van der Waals surface area contributed by atoms with Crippen LogP contribution >= 0.6 is 11.8 Å². The van der Waals surface area contributed by atoms with Crippen molar-refractivity contribution in [1.29, 1.82) is 5.26 Å². The van der Waals surface area contributed by atoms with Crippen molar-refractivity contribution < 1.29 is 0 Å². The second kappa shape index (κ2) is 8.99. The SMILES string of the molecule is CSc1ncc(CN2CCCC2c2cccc(Nc3ccc(C#N)nc3)n2)cn1. The molecule has 146 valence electrons. The Balaban J connectivity index is 1.47. The maximum absolute atomic E-state index is 8.87. The molecule has 29 heavy (non-hydrogen) atoms. The van der Waals surface area contributed by atoms with Gasteiger partial charge in [-0.2, -0.15) is 5.26 Å². The molecule has 1 aliphatic heterocycles. The highest BCUT2D eigenvalue weighted by molar-refractivity contribution is 7.98. The van der Waals surface area contributed by atoms with Gasteiger partial charge >= 0.3 is 0 Å². The third-order valence-electron chi connectivity index (χ3n) is 4.88. The zero-order valence-electron chi connectivity index (χ0n) is 16.1. The van der Waals surface area contributed by atoms with Crippen LogP contribution in [0.3, 0.4) is 0 Å². The summed E-state index contributed by atoms with van der Waals surface area (Å²) in [6, 6.07) is 11.9. The molecule has 1 saturated heterocycles. The van der Waals surface area contributed by atoms with Crippen LogP contribution in [0.5, 0.6) is 0 Å². The first-order chi connectivity index (χ1) is 14.2. The van der Waals surface area contributed by atoms with Crippen molar-refractivity contribution in [2.24, 2.45) is 0 Å². The van der Waals surface area contributed by atoms with E-state index in [4.69, 9.17) is 10.2 Å². The van der Waals surface area contributed by atoms with Gasteiger partial charge in [-0.05, 0) is 49.9 Å². The van der Waals surface area contributed by atoms with Crippen molar-refractivity contribution in [2.75, 3.05) is 18.1 Å². The summed E-state index contributed by atoms with van der Waals surface area (Å²) in [6.45, 7) is 1.85. The molecule has 1 aliphatic rings. The molecule has 1 atom stereocenters. The number of rotatable bonds is 6. The van der Waals surface area contributed by atoms with E-state index in [0.717, 1.165) is 53.9 Å². The summed E-state index contributed by atoms with van der Waals surface area (Å²) < 4.78 is 0. The van der Waals surface area contributed by atoms with Gasteiger partial charge in [0.2, 0.25) is 0 Å². The summed E-state index contributed by atoms with van der Waals surface area (Å²) in [5.41, 5.74) is 3.37. The first-order valence-corrected chi connectivity index (χ1v) is 10.7. The van der Waals surface area contributed by atoms with Crippen LogP contribution in [0.2, 0.25) is 0 Å². The predicted molar refractivity (Wildman–Crippen MR) is 113 cm³/mol. The molecule has 1 unspecified atom stereocenters. The van der Waals surface area contributed by atoms with E-state index >= 15 is 0 Å². The molecule has 0 radical (unpaired) electrons. The molecule has 1 fully saturated rings. The fraction of sp³-hybridized carbons (Fsp3) is 0.286. The number of thioether (sulfide) groups is 1. The van der Waals surface area contributed by atoms with Crippen molar-refractivity contribution >= 4 is 23.3 Å². The molecular weight excluding hydrogens is 382 g/mol. The smallest absolute Gasteiger partial charge is 0.187 e. The first kappa shape index (κ1) is 19.3. The standard InChI is InChI=1S/C21H21N7S/c1-29-21-24-11-15(12-25-21)14-28-9-3-5-19(28)18-4-2-6-20(27-18)26-17-8-7-16(10-22)23-13-17/h2,4,6-8,11-13,19H,3,5,9,14H2,1H3,(H,26,27). The number of nitriles is 1. The lowest BCUT2D eigenvalue weighted by molar-refractivity contribution is 0.244. The molecule has 7 nitrogen and oxygen atoms in total. The molecule has 0 bridgehead atoms. The summed E-state index contributed by atoms with van der Waals surface area (Å²) >= 11 is 1.55. The molecule has 4 rings (SSSR count). The normalized spacial score (nSPS) is 16.5. The van der Waals surface area contributed by atoms with Crippen molar-refractivity contribution in [3.8, 4) is 6.07 Å². The van der Waals surface area contributed by atoms with Crippen LogP contribution in [0.25, 0.3) is 0 Å². The molecule has 0 aliphatic carbocycles. The van der Waals surface area contributed by atoms with Gasteiger partial charge in [0, 0.05) is 24.5 Å². The molecule has 4 heterocycles. The van der Waals surface area contributed by atoms with E-state index in [1.807, 2.05) is 42.9 Å². The van der Waals surface area contributed by atoms with Gasteiger partial charge in [-0.1, -0.05) is 17.8 Å². The third kappa shape index (κ3) is 4.70. The van der Waals surface area contributed by atoms with E-state index in [0.29, 0.717) is 5.69 Å². The third-order valence-corrected chi connectivity index (χ3v) is 5.45. The number of pyridine rings is 2. The van der Waals surface area contributed by atoms with Gasteiger partial charge in [-0.3, -0.25) is 4.90 Å². The Morgan fingerprint density at radius 3 is 2.76 bits per heavy atom. The van der Waals surface area contributed by atoms with Crippen LogP contribution in [0, 0.1) is 11.3 Å². The lowest BCUT2D eigenvalue weighted by atomic mass is 10.1. The van der Waals surface area contributed by atoms with Gasteiger partial charge in [-0.25, -0.2) is 19.9 Å². The fourth-order valence-corrected chi connectivity index (χ4v) is 3.82. The molecule has 8 heteroatoms. The largest absolute Gasteiger partial charge is 0.339 e. The van der Waals surface area contributed by atoms with Gasteiger partial charge in [0.05, 0.1) is 23.6 Å². The minimum Gasteiger partial charge on any atom is -0.339 e. The average molecular weight is 404 g/mol. The lowest BCUT2D eigenvalue weighted by Crippen LogP contribution is -2.23. The van der Waals surface area contributed by atoms with E-state index in [2.05, 4.69) is 31.2 Å². The van der Waals surface area contributed by atoms with Gasteiger partial charge in [0.1, 0.15) is 17.6 Å². The highest BCUT2D eigenvalue weighted by atomic mass is 32.2. The number of hydrogen-bond acceptors (Lipinski definition) is 8. The average Bonchev–Trinajstić information content (AvgIpc) is 3.23. The van der Waals surface area contributed by atoms with E-state index in [9.17, 15) is 0 Å². The number of likely N-dealkylation sites (tertiary alicyclic amines) is 1. The Morgan fingerprint density at radius 2 is 2.03 bits per heavy atom. The van der Waals surface area contributed by atoms with E-state index in [1.165, 1.54) is 0 Å². The Hall–Kier alpha value is -3.02. The van der Waals surface area contributed by atoms with Gasteiger partial charge in [0.25, 0.3) is 0 Å². The zero-order chi connectivity index (χ0) is 20.1. The Kier molecular flexibility index (Phi) is 5.98. The second-order valence-electron chi connectivity index (χ2n) is 6.82. The van der Waals surface area contributed by atoms with Crippen molar-refractivity contribution in [1.82, 2.24) is 24.8 Å². The maximum Gasteiger partial charge on any atom is 0.187 e. The van der Waals surface area contributed by atoms with Crippen LogP contribution < -0.4 is 5.32 Å². The summed E-state index contributed by atoms with van der Waals surface area (Å²) in [4.78, 5) is 20.1. The molecule has 0 spiro atoms. The van der Waals surface area contributed by atoms with Crippen molar-refractivity contribution in [2.45, 2.75) is 30.6 Å². The van der Waals surface area contributed by atoms with Gasteiger partial charge in [0.15, 0.2) is 5.16 Å². The number of nitrogens with zero attached hydrogens (tertiary/aromatic N) is 6. The summed E-state index contributed by atoms with van der Waals surface area (Å²) in [6.07, 6.45) is 9.68. The number of anilines is 2. The number of nitrogens with one attached hydrogen (secondary N) is 1. The summed E-state index contributed by atoms with van der Waals surface area (Å²) in [5, 5.41) is 12.9. The number of aromatic nitrogens is 4. The van der Waals surface area contributed by atoms with E-state index in [-0.39, 0.29) is 6.04 Å². The quantitative estimate of drug-likeness (QED) is 0.489. The second-order valence-corrected chi connectivity index (χ2v) is 7.60. The Morgan fingerprint density at radius 1 is 1.17 bits per heavy atom. The van der Waals surface area contributed by atoms with Crippen LogP contribution in [-0.4, -0.2) is 37.6 Å². The fourth-order valence-electron chi connectivity index (χ4n) is 3.50. The summed E-state index contributed by atoms with van der Waals surface area (Å²) in [7, 11) is 0. The topological polar surface area (TPSA) is 90.6 Å². The van der Waals surface area contributed by atoms with Crippen LogP contribution in [-0.2, 0) is 6.54 Å². The van der Waals surface area contributed by atoms with Crippen LogP contribution in [0.4, 0.5) is 11.5 Å². The first-order valence-electron chi connectivity index (χ1n) is 9.44. The highest BCUT2D eigenvalue weighted by Gasteiger charge is 2.27. The minimum absolute atomic E-state index is 0.274. The molecule has 0 saturated carbocycles. The molecule has 3 aromatic heterocycles. The molecule has 3 aromatic rings. The van der Waals surface area contributed by atoms with Gasteiger partial charge < -0.3 is 5.32 Å². The van der Waals surface area contributed by atoms with Gasteiger partial charge in [-0.15, -0.1) is 0 Å². The van der Waals surface area contributed by atoms with E-state index in [1.54, 1.807) is 24.0 Å². The Bertz CT molecular complexity index is 999. The molecule has 0 aromatic carbocycles. The molecule has 0 amide bonds. The predicted octanol–water partition coefficient (Wildman–Crippen LogP) is 3.94. The molecule has 1 N–H and O–H groups in total. The minimum atomic E-state index is 0.274. The Labute approximate surface area is 174 Å².